The summed E-state index contributed by atoms with van der Waals surface area (Å²) in [6.45, 7) is 3.90. The fourth-order valence-electron chi connectivity index (χ4n) is 2.05. The molecule has 0 aromatic carbocycles. The summed E-state index contributed by atoms with van der Waals surface area (Å²) in [5, 5.41) is 13.2. The first-order valence-corrected chi connectivity index (χ1v) is 4.85. The monoisotopic (exact) mass is 194 g/mol. The van der Waals surface area contributed by atoms with Gasteiger partial charge in [0.15, 0.2) is 0 Å². The molecule has 1 aromatic heterocycles. The second-order valence-corrected chi connectivity index (χ2v) is 3.96. The standard InChI is InChI=1S/C10H14N2O2/c1-6-5-7(2)12(11-6)9-4-3-8(9)10(13)14/h5,8-9H,3-4H2,1-2H3,(H,13,14). The van der Waals surface area contributed by atoms with E-state index in [-0.39, 0.29) is 12.0 Å². The number of carboxylic acids is 1. The summed E-state index contributed by atoms with van der Waals surface area (Å²) in [6, 6.07) is 2.05. The van der Waals surface area contributed by atoms with Crippen molar-refractivity contribution < 1.29 is 9.90 Å². The number of carbonyl (C=O) groups is 1. The Kier molecular flexibility index (Phi) is 2.06. The van der Waals surface area contributed by atoms with E-state index in [0.717, 1.165) is 24.2 Å². The molecule has 0 bridgehead atoms. The van der Waals surface area contributed by atoms with Crippen molar-refractivity contribution in [1.29, 1.82) is 0 Å². The third-order valence-electron chi connectivity index (χ3n) is 2.91. The molecule has 2 unspecified atom stereocenters. The minimum Gasteiger partial charge on any atom is -0.481 e. The van der Waals surface area contributed by atoms with Gasteiger partial charge in [0, 0.05) is 5.69 Å². The van der Waals surface area contributed by atoms with Gasteiger partial charge >= 0.3 is 5.97 Å². The molecule has 0 radical (unpaired) electrons. The average molecular weight is 194 g/mol. The lowest BCUT2D eigenvalue weighted by atomic mass is 9.79. The normalized spacial score (nSPS) is 25.9. The molecular weight excluding hydrogens is 180 g/mol. The number of rotatable bonds is 2. The number of carboxylic acid groups (broad SMARTS) is 1. The Bertz CT molecular complexity index is 370. The molecule has 1 saturated carbocycles. The van der Waals surface area contributed by atoms with Crippen LogP contribution in [-0.2, 0) is 4.79 Å². The highest BCUT2D eigenvalue weighted by molar-refractivity contribution is 5.71. The smallest absolute Gasteiger partial charge is 0.308 e. The molecule has 0 spiro atoms. The molecule has 2 atom stereocenters. The Morgan fingerprint density at radius 3 is 2.64 bits per heavy atom. The van der Waals surface area contributed by atoms with Crippen LogP contribution >= 0.6 is 0 Å². The van der Waals surface area contributed by atoms with Crippen LogP contribution in [0.3, 0.4) is 0 Å². The van der Waals surface area contributed by atoms with Crippen molar-refractivity contribution in [2.24, 2.45) is 5.92 Å². The highest BCUT2D eigenvalue weighted by Crippen LogP contribution is 2.38. The third kappa shape index (κ3) is 1.31. The number of aromatic nitrogens is 2. The predicted octanol–water partition coefficient (Wildman–Crippen LogP) is 1.54. The molecule has 1 aliphatic rings. The van der Waals surface area contributed by atoms with Crippen LogP contribution in [0.2, 0.25) is 0 Å². The van der Waals surface area contributed by atoms with E-state index in [4.69, 9.17) is 5.11 Å². The van der Waals surface area contributed by atoms with Gasteiger partial charge < -0.3 is 5.11 Å². The van der Waals surface area contributed by atoms with Crippen molar-refractivity contribution in [2.45, 2.75) is 32.7 Å². The Balaban J connectivity index is 2.24. The highest BCUT2D eigenvalue weighted by atomic mass is 16.4. The van der Waals surface area contributed by atoms with Gasteiger partial charge in [-0.1, -0.05) is 0 Å². The SMILES string of the molecule is Cc1cc(C)n(C2CCC2C(=O)O)n1. The first-order valence-electron chi connectivity index (χ1n) is 4.85. The van der Waals surface area contributed by atoms with Gasteiger partial charge in [-0.2, -0.15) is 5.10 Å². The van der Waals surface area contributed by atoms with Crippen LogP contribution in [-0.4, -0.2) is 20.9 Å². The van der Waals surface area contributed by atoms with Crippen molar-refractivity contribution >= 4 is 5.97 Å². The van der Waals surface area contributed by atoms with Crippen LogP contribution in [0.4, 0.5) is 0 Å². The summed E-state index contributed by atoms with van der Waals surface area (Å²) >= 11 is 0. The van der Waals surface area contributed by atoms with E-state index >= 15 is 0 Å². The van der Waals surface area contributed by atoms with Crippen LogP contribution in [0, 0.1) is 19.8 Å². The zero-order chi connectivity index (χ0) is 10.3. The topological polar surface area (TPSA) is 55.1 Å². The molecular formula is C10H14N2O2. The molecule has 1 fully saturated rings. The molecule has 1 aromatic rings. The molecule has 4 heteroatoms. The summed E-state index contributed by atoms with van der Waals surface area (Å²) in [5.41, 5.74) is 2.01. The Morgan fingerprint density at radius 2 is 2.29 bits per heavy atom. The molecule has 14 heavy (non-hydrogen) atoms. The minimum absolute atomic E-state index is 0.0706. The van der Waals surface area contributed by atoms with E-state index in [0.29, 0.717) is 0 Å². The van der Waals surface area contributed by atoms with Crippen molar-refractivity contribution in [1.82, 2.24) is 9.78 Å². The minimum atomic E-state index is -0.700. The van der Waals surface area contributed by atoms with E-state index in [9.17, 15) is 4.79 Å². The van der Waals surface area contributed by atoms with Crippen LogP contribution < -0.4 is 0 Å². The van der Waals surface area contributed by atoms with Crippen LogP contribution in [0.1, 0.15) is 30.3 Å². The molecule has 0 amide bonds. The second kappa shape index (κ2) is 3.12. The molecule has 4 nitrogen and oxygen atoms in total. The maximum atomic E-state index is 10.8. The Hall–Kier alpha value is -1.32. The van der Waals surface area contributed by atoms with Gasteiger partial charge in [0.05, 0.1) is 17.7 Å². The van der Waals surface area contributed by atoms with Gasteiger partial charge in [0.2, 0.25) is 0 Å². The average Bonchev–Trinajstić information content (AvgIpc) is 2.27. The number of aliphatic carboxylic acids is 1. The maximum Gasteiger partial charge on any atom is 0.308 e. The summed E-state index contributed by atoms with van der Waals surface area (Å²) in [7, 11) is 0. The highest BCUT2D eigenvalue weighted by Gasteiger charge is 2.38. The van der Waals surface area contributed by atoms with E-state index < -0.39 is 5.97 Å². The van der Waals surface area contributed by atoms with Crippen LogP contribution in [0.15, 0.2) is 6.07 Å². The second-order valence-electron chi connectivity index (χ2n) is 3.96. The lowest BCUT2D eigenvalue weighted by molar-refractivity contribution is -0.147. The molecule has 0 aliphatic heterocycles. The van der Waals surface area contributed by atoms with Gasteiger partial charge in [0.25, 0.3) is 0 Å². The Morgan fingerprint density at radius 1 is 1.57 bits per heavy atom. The predicted molar refractivity (Wildman–Crippen MR) is 51.1 cm³/mol. The zero-order valence-corrected chi connectivity index (χ0v) is 8.40. The third-order valence-corrected chi connectivity index (χ3v) is 2.91. The van der Waals surface area contributed by atoms with E-state index in [1.54, 1.807) is 0 Å². The van der Waals surface area contributed by atoms with Gasteiger partial charge in [-0.3, -0.25) is 9.48 Å². The van der Waals surface area contributed by atoms with Crippen LogP contribution in [0.5, 0.6) is 0 Å². The number of hydrogen-bond acceptors (Lipinski definition) is 2. The van der Waals surface area contributed by atoms with Gasteiger partial charge in [0.1, 0.15) is 0 Å². The lowest BCUT2D eigenvalue weighted by Crippen LogP contribution is -2.35. The first-order chi connectivity index (χ1) is 6.59. The van der Waals surface area contributed by atoms with Crippen molar-refractivity contribution in [3.63, 3.8) is 0 Å². The van der Waals surface area contributed by atoms with Gasteiger partial charge in [-0.15, -0.1) is 0 Å². The quantitative estimate of drug-likeness (QED) is 0.776. The fourth-order valence-corrected chi connectivity index (χ4v) is 2.05. The number of nitrogens with zero attached hydrogens (tertiary/aromatic N) is 2. The summed E-state index contributed by atoms with van der Waals surface area (Å²) in [4.78, 5) is 10.8. The zero-order valence-electron chi connectivity index (χ0n) is 8.40. The fraction of sp³-hybridized carbons (Fsp3) is 0.600. The van der Waals surface area contributed by atoms with Gasteiger partial charge in [-0.05, 0) is 32.8 Å². The summed E-state index contributed by atoms with van der Waals surface area (Å²) < 4.78 is 1.86. The van der Waals surface area contributed by atoms with Crippen molar-refractivity contribution in [3.8, 4) is 0 Å². The number of hydrogen-bond donors (Lipinski definition) is 1. The molecule has 76 valence electrons. The molecule has 2 rings (SSSR count). The number of aryl methyl sites for hydroxylation is 2. The van der Waals surface area contributed by atoms with E-state index in [1.807, 2.05) is 24.6 Å². The lowest BCUT2D eigenvalue weighted by Gasteiger charge is -2.34. The summed E-state index contributed by atoms with van der Waals surface area (Å²) in [6.07, 6.45) is 1.71. The summed E-state index contributed by atoms with van der Waals surface area (Å²) in [5.74, 6) is -0.943. The maximum absolute atomic E-state index is 10.8. The van der Waals surface area contributed by atoms with Crippen LogP contribution in [0.25, 0.3) is 0 Å². The van der Waals surface area contributed by atoms with E-state index in [1.165, 1.54) is 0 Å². The van der Waals surface area contributed by atoms with Crippen molar-refractivity contribution in [2.75, 3.05) is 0 Å². The molecule has 1 N–H and O–H groups in total. The van der Waals surface area contributed by atoms with Gasteiger partial charge in [-0.25, -0.2) is 0 Å². The molecule has 1 aliphatic carbocycles. The first kappa shape index (κ1) is 9.24. The Labute approximate surface area is 82.5 Å². The molecule has 0 saturated heterocycles. The molecule has 1 heterocycles. The van der Waals surface area contributed by atoms with Crippen molar-refractivity contribution in [3.05, 3.63) is 17.5 Å². The largest absolute Gasteiger partial charge is 0.481 e. The van der Waals surface area contributed by atoms with E-state index in [2.05, 4.69) is 5.10 Å².